The van der Waals surface area contributed by atoms with Crippen LogP contribution in [0.15, 0.2) is 34.8 Å². The number of nitrogens with zero attached hydrogens (tertiary/aromatic N) is 2. The minimum Gasteiger partial charge on any atom is -0.384 e. The van der Waals surface area contributed by atoms with Gasteiger partial charge in [-0.1, -0.05) is 35.0 Å². The van der Waals surface area contributed by atoms with Gasteiger partial charge in [-0.25, -0.2) is 4.68 Å². The van der Waals surface area contributed by atoms with Crippen LogP contribution in [0.3, 0.4) is 0 Å². The number of nitrogens with two attached hydrogens (primary N) is 1. The molecule has 1 aliphatic carbocycles. The van der Waals surface area contributed by atoms with Crippen molar-refractivity contribution in [3.8, 4) is 11.3 Å². The van der Waals surface area contributed by atoms with E-state index < -0.39 is 0 Å². The second kappa shape index (κ2) is 5.00. The van der Waals surface area contributed by atoms with Crippen LogP contribution in [0.5, 0.6) is 0 Å². The number of aromatic nitrogens is 2. The Kier molecular flexibility index (Phi) is 3.35. The Labute approximate surface area is 121 Å². The Morgan fingerprint density at radius 1 is 1.32 bits per heavy atom. The van der Waals surface area contributed by atoms with E-state index in [0.29, 0.717) is 0 Å². The zero-order valence-electron chi connectivity index (χ0n) is 11.0. The lowest BCUT2D eigenvalue weighted by Gasteiger charge is -2.32. The highest BCUT2D eigenvalue weighted by molar-refractivity contribution is 9.10. The van der Waals surface area contributed by atoms with Gasteiger partial charge in [0.2, 0.25) is 0 Å². The minimum absolute atomic E-state index is 0.745. The standard InChI is InChI=1S/C15H18BrN3/c1-10-6-11(7-10)9-19-15(17)8-14(18-19)12-2-4-13(16)5-3-12/h2-5,8,10-11H,6-7,9,17H2,1H3. The molecule has 1 aliphatic rings. The first-order valence-corrected chi connectivity index (χ1v) is 7.50. The van der Waals surface area contributed by atoms with E-state index in [2.05, 4.69) is 40.1 Å². The quantitative estimate of drug-likeness (QED) is 0.931. The molecule has 19 heavy (non-hydrogen) atoms. The lowest BCUT2D eigenvalue weighted by atomic mass is 9.76. The summed E-state index contributed by atoms with van der Waals surface area (Å²) >= 11 is 3.44. The van der Waals surface area contributed by atoms with Crippen LogP contribution in [-0.4, -0.2) is 9.78 Å². The molecule has 0 saturated heterocycles. The summed E-state index contributed by atoms with van der Waals surface area (Å²) in [5.41, 5.74) is 8.12. The normalized spacial score (nSPS) is 22.2. The molecule has 1 aromatic heterocycles. The summed E-state index contributed by atoms with van der Waals surface area (Å²) in [5.74, 6) is 2.38. The van der Waals surface area contributed by atoms with E-state index in [1.165, 1.54) is 12.8 Å². The van der Waals surface area contributed by atoms with E-state index in [4.69, 9.17) is 5.73 Å². The van der Waals surface area contributed by atoms with Crippen LogP contribution in [0.25, 0.3) is 11.3 Å². The van der Waals surface area contributed by atoms with Crippen molar-refractivity contribution in [3.63, 3.8) is 0 Å². The van der Waals surface area contributed by atoms with Crippen molar-refractivity contribution in [2.75, 3.05) is 5.73 Å². The molecule has 1 fully saturated rings. The zero-order chi connectivity index (χ0) is 13.4. The van der Waals surface area contributed by atoms with E-state index in [1.54, 1.807) is 0 Å². The summed E-state index contributed by atoms with van der Waals surface area (Å²) in [6.45, 7) is 3.25. The Morgan fingerprint density at radius 2 is 2.00 bits per heavy atom. The fraction of sp³-hybridized carbons (Fsp3) is 0.400. The van der Waals surface area contributed by atoms with E-state index in [9.17, 15) is 0 Å². The molecule has 3 rings (SSSR count). The average Bonchev–Trinajstić information content (AvgIpc) is 2.70. The highest BCUT2D eigenvalue weighted by atomic mass is 79.9. The summed E-state index contributed by atoms with van der Waals surface area (Å²) in [6, 6.07) is 10.1. The van der Waals surface area contributed by atoms with Crippen LogP contribution in [0, 0.1) is 11.8 Å². The van der Waals surface area contributed by atoms with E-state index in [1.807, 2.05) is 22.9 Å². The maximum Gasteiger partial charge on any atom is 0.122 e. The van der Waals surface area contributed by atoms with E-state index >= 15 is 0 Å². The molecule has 0 radical (unpaired) electrons. The fourth-order valence-corrected chi connectivity index (χ4v) is 3.07. The number of benzene rings is 1. The lowest BCUT2D eigenvalue weighted by molar-refractivity contribution is 0.183. The number of anilines is 1. The highest BCUT2D eigenvalue weighted by Gasteiger charge is 2.26. The third-order valence-corrected chi connectivity index (χ3v) is 4.38. The van der Waals surface area contributed by atoms with Crippen LogP contribution >= 0.6 is 15.9 Å². The Balaban J connectivity index is 1.78. The van der Waals surface area contributed by atoms with Gasteiger partial charge in [0.25, 0.3) is 0 Å². The Morgan fingerprint density at radius 3 is 2.63 bits per heavy atom. The van der Waals surface area contributed by atoms with Crippen LogP contribution in [0.1, 0.15) is 19.8 Å². The first-order valence-electron chi connectivity index (χ1n) is 6.71. The van der Waals surface area contributed by atoms with Gasteiger partial charge in [-0.3, -0.25) is 0 Å². The topological polar surface area (TPSA) is 43.8 Å². The maximum absolute atomic E-state index is 6.06. The highest BCUT2D eigenvalue weighted by Crippen LogP contribution is 2.35. The molecule has 0 aliphatic heterocycles. The lowest BCUT2D eigenvalue weighted by Crippen LogP contribution is -2.26. The number of halogens is 1. The van der Waals surface area contributed by atoms with Gasteiger partial charge in [-0.2, -0.15) is 5.10 Å². The first kappa shape index (κ1) is 12.7. The van der Waals surface area contributed by atoms with Crippen molar-refractivity contribution < 1.29 is 0 Å². The van der Waals surface area contributed by atoms with E-state index in [-0.39, 0.29) is 0 Å². The molecule has 100 valence electrons. The van der Waals surface area contributed by atoms with Crippen LogP contribution in [0.2, 0.25) is 0 Å². The smallest absolute Gasteiger partial charge is 0.122 e. The summed E-state index contributed by atoms with van der Waals surface area (Å²) in [7, 11) is 0. The third kappa shape index (κ3) is 2.68. The Hall–Kier alpha value is -1.29. The number of rotatable bonds is 3. The molecule has 3 nitrogen and oxygen atoms in total. The van der Waals surface area contributed by atoms with Crippen molar-refractivity contribution in [3.05, 3.63) is 34.8 Å². The average molecular weight is 320 g/mol. The number of hydrogen-bond donors (Lipinski definition) is 1. The van der Waals surface area contributed by atoms with Crippen LogP contribution in [0.4, 0.5) is 5.82 Å². The number of nitrogen functional groups attached to an aromatic ring is 1. The summed E-state index contributed by atoms with van der Waals surface area (Å²) in [4.78, 5) is 0. The summed E-state index contributed by atoms with van der Waals surface area (Å²) in [5, 5.41) is 4.63. The SMILES string of the molecule is CC1CC(Cn2nc(-c3ccc(Br)cc3)cc2N)C1. The number of hydrogen-bond acceptors (Lipinski definition) is 2. The van der Waals surface area contributed by atoms with Gasteiger partial charge >= 0.3 is 0 Å². The fourth-order valence-electron chi connectivity index (χ4n) is 2.80. The molecule has 0 atom stereocenters. The molecule has 1 heterocycles. The molecular formula is C15H18BrN3. The zero-order valence-corrected chi connectivity index (χ0v) is 12.6. The second-order valence-electron chi connectivity index (χ2n) is 5.59. The van der Waals surface area contributed by atoms with Gasteiger partial charge in [0.05, 0.1) is 5.69 Å². The predicted octanol–water partition coefficient (Wildman–Crippen LogP) is 3.94. The van der Waals surface area contributed by atoms with Crippen LogP contribution < -0.4 is 5.73 Å². The molecule has 4 heteroatoms. The van der Waals surface area contributed by atoms with Crippen molar-refractivity contribution in [2.45, 2.75) is 26.3 Å². The second-order valence-corrected chi connectivity index (χ2v) is 6.50. The van der Waals surface area contributed by atoms with Crippen molar-refractivity contribution in [1.29, 1.82) is 0 Å². The molecule has 1 saturated carbocycles. The van der Waals surface area contributed by atoms with Crippen molar-refractivity contribution in [1.82, 2.24) is 9.78 Å². The molecule has 2 aromatic rings. The Bertz CT molecular complexity index is 568. The summed E-state index contributed by atoms with van der Waals surface area (Å²) < 4.78 is 3.03. The van der Waals surface area contributed by atoms with Crippen molar-refractivity contribution in [2.24, 2.45) is 11.8 Å². The van der Waals surface area contributed by atoms with Gasteiger partial charge < -0.3 is 5.73 Å². The summed E-state index contributed by atoms with van der Waals surface area (Å²) in [6.07, 6.45) is 2.60. The van der Waals surface area contributed by atoms with E-state index in [0.717, 1.165) is 39.9 Å². The third-order valence-electron chi connectivity index (χ3n) is 3.85. The minimum atomic E-state index is 0.745. The van der Waals surface area contributed by atoms with Gasteiger partial charge in [-0.05, 0) is 36.8 Å². The van der Waals surface area contributed by atoms with Gasteiger partial charge in [0, 0.05) is 22.6 Å². The predicted molar refractivity (Wildman–Crippen MR) is 81.7 cm³/mol. The van der Waals surface area contributed by atoms with Gasteiger partial charge in [-0.15, -0.1) is 0 Å². The largest absolute Gasteiger partial charge is 0.384 e. The molecular weight excluding hydrogens is 302 g/mol. The molecule has 0 amide bonds. The van der Waals surface area contributed by atoms with Gasteiger partial charge in [0.15, 0.2) is 0 Å². The van der Waals surface area contributed by atoms with Crippen LogP contribution in [-0.2, 0) is 6.54 Å². The molecule has 0 bridgehead atoms. The first-order chi connectivity index (χ1) is 9.11. The molecule has 0 unspecified atom stereocenters. The molecule has 2 N–H and O–H groups in total. The maximum atomic E-state index is 6.06. The molecule has 1 aromatic carbocycles. The van der Waals surface area contributed by atoms with Crippen molar-refractivity contribution >= 4 is 21.7 Å². The van der Waals surface area contributed by atoms with Gasteiger partial charge in [0.1, 0.15) is 5.82 Å². The molecule has 0 spiro atoms. The monoisotopic (exact) mass is 319 g/mol.